The Bertz CT molecular complexity index is 1520. The SMILES string of the molecule is COc1ccc(OC)c([C@H]2C(=C(O)c3ccc(Cl)cc3)C(=O)C(=O)N2CCc2c[nH]c3ccccc23)c1. The third-order valence-corrected chi connectivity index (χ3v) is 6.94. The average molecular weight is 517 g/mol. The monoisotopic (exact) mass is 516 g/mol. The van der Waals surface area contributed by atoms with E-state index in [2.05, 4.69) is 4.98 Å². The largest absolute Gasteiger partial charge is 0.507 e. The standard InChI is InChI=1S/C29H25ClN2O5/c1-36-20-11-12-24(37-2)22(15-20)26-25(27(33)17-7-9-19(30)10-8-17)28(34)29(35)32(26)14-13-18-16-31-23-6-4-3-5-21(18)23/h3-12,15-16,26,31,33H,13-14H2,1-2H3/t26-/m0/s1. The van der Waals surface area contributed by atoms with Crippen molar-refractivity contribution in [3.8, 4) is 11.5 Å². The molecule has 0 bridgehead atoms. The molecule has 7 nitrogen and oxygen atoms in total. The zero-order valence-corrected chi connectivity index (χ0v) is 21.1. The fraction of sp³-hybridized carbons (Fsp3) is 0.172. The first kappa shape index (κ1) is 24.5. The molecular formula is C29H25ClN2O5. The molecule has 1 atom stereocenters. The van der Waals surface area contributed by atoms with Gasteiger partial charge in [0.05, 0.1) is 25.8 Å². The Labute approximate surface area is 218 Å². The summed E-state index contributed by atoms with van der Waals surface area (Å²) < 4.78 is 11.0. The number of aromatic amines is 1. The normalized spacial score (nSPS) is 16.9. The molecular weight excluding hydrogens is 492 g/mol. The number of amides is 1. The van der Waals surface area contributed by atoms with Crippen LogP contribution < -0.4 is 9.47 Å². The zero-order chi connectivity index (χ0) is 26.1. The van der Waals surface area contributed by atoms with Gasteiger partial charge in [-0.05, 0) is 60.5 Å². The van der Waals surface area contributed by atoms with E-state index in [0.717, 1.165) is 16.5 Å². The molecule has 0 saturated carbocycles. The number of rotatable bonds is 7. The van der Waals surface area contributed by atoms with Crippen molar-refractivity contribution < 1.29 is 24.2 Å². The molecule has 1 aliphatic heterocycles. The first-order valence-corrected chi connectivity index (χ1v) is 12.1. The van der Waals surface area contributed by atoms with E-state index in [9.17, 15) is 14.7 Å². The van der Waals surface area contributed by atoms with Crippen molar-refractivity contribution in [1.82, 2.24) is 9.88 Å². The molecule has 1 fully saturated rings. The Hall–Kier alpha value is -4.23. The van der Waals surface area contributed by atoms with E-state index in [4.69, 9.17) is 21.1 Å². The number of fused-ring (bicyclic) bond motifs is 1. The van der Waals surface area contributed by atoms with Crippen LogP contribution in [0.4, 0.5) is 0 Å². The second kappa shape index (κ2) is 10.0. The predicted octanol–water partition coefficient (Wildman–Crippen LogP) is 5.50. The van der Waals surface area contributed by atoms with Crippen molar-refractivity contribution >= 4 is 40.0 Å². The molecule has 188 valence electrons. The maximum atomic E-state index is 13.4. The van der Waals surface area contributed by atoms with E-state index < -0.39 is 17.7 Å². The number of aromatic nitrogens is 1. The van der Waals surface area contributed by atoms with Gasteiger partial charge in [0, 0.05) is 39.8 Å². The minimum Gasteiger partial charge on any atom is -0.507 e. The van der Waals surface area contributed by atoms with Crippen LogP contribution in [-0.4, -0.2) is 47.4 Å². The van der Waals surface area contributed by atoms with Crippen LogP contribution in [0.3, 0.4) is 0 Å². The van der Waals surface area contributed by atoms with Crippen LogP contribution in [0, 0.1) is 0 Å². The topological polar surface area (TPSA) is 91.9 Å². The second-order valence-corrected chi connectivity index (χ2v) is 9.15. The van der Waals surface area contributed by atoms with Gasteiger partial charge in [-0.15, -0.1) is 0 Å². The quantitative estimate of drug-likeness (QED) is 0.192. The van der Waals surface area contributed by atoms with E-state index in [1.54, 1.807) is 42.5 Å². The number of aliphatic hydroxyl groups excluding tert-OH is 1. The number of ketones is 1. The summed E-state index contributed by atoms with van der Waals surface area (Å²) in [7, 11) is 3.05. The van der Waals surface area contributed by atoms with Gasteiger partial charge >= 0.3 is 0 Å². The number of nitrogens with zero attached hydrogens (tertiary/aromatic N) is 1. The zero-order valence-electron chi connectivity index (χ0n) is 20.3. The maximum absolute atomic E-state index is 13.4. The lowest BCUT2D eigenvalue weighted by molar-refractivity contribution is -0.139. The first-order valence-electron chi connectivity index (χ1n) is 11.7. The van der Waals surface area contributed by atoms with Gasteiger partial charge in [-0.25, -0.2) is 0 Å². The van der Waals surface area contributed by atoms with Gasteiger partial charge in [-0.3, -0.25) is 9.59 Å². The number of carbonyl (C=O) groups excluding carboxylic acids is 2. The Morgan fingerprint density at radius 1 is 1.03 bits per heavy atom. The van der Waals surface area contributed by atoms with Crippen LogP contribution in [0.25, 0.3) is 16.7 Å². The molecule has 8 heteroatoms. The van der Waals surface area contributed by atoms with E-state index in [1.165, 1.54) is 19.1 Å². The number of hydrogen-bond donors (Lipinski definition) is 2. The number of likely N-dealkylation sites (tertiary alicyclic amines) is 1. The van der Waals surface area contributed by atoms with Gasteiger partial charge in [0.15, 0.2) is 0 Å². The average Bonchev–Trinajstić information content (AvgIpc) is 3.45. The molecule has 1 saturated heterocycles. The number of para-hydroxylation sites is 1. The summed E-state index contributed by atoms with van der Waals surface area (Å²) in [6.45, 7) is 0.245. The van der Waals surface area contributed by atoms with Crippen molar-refractivity contribution in [3.05, 3.63) is 100 Å². The highest BCUT2D eigenvalue weighted by Gasteiger charge is 2.47. The Morgan fingerprint density at radius 3 is 2.51 bits per heavy atom. The molecule has 2 N–H and O–H groups in total. The molecule has 0 radical (unpaired) electrons. The molecule has 0 spiro atoms. The van der Waals surface area contributed by atoms with E-state index in [1.807, 2.05) is 30.5 Å². The predicted molar refractivity (Wildman–Crippen MR) is 142 cm³/mol. The van der Waals surface area contributed by atoms with Crippen molar-refractivity contribution in [2.24, 2.45) is 0 Å². The molecule has 1 amide bonds. The Kier molecular flexibility index (Phi) is 6.63. The van der Waals surface area contributed by atoms with Crippen molar-refractivity contribution in [2.45, 2.75) is 12.5 Å². The van der Waals surface area contributed by atoms with Gasteiger partial charge in [0.2, 0.25) is 0 Å². The number of carbonyl (C=O) groups is 2. The molecule has 3 aromatic carbocycles. The fourth-order valence-corrected chi connectivity index (χ4v) is 4.96. The smallest absolute Gasteiger partial charge is 0.295 e. The van der Waals surface area contributed by atoms with Crippen molar-refractivity contribution in [2.75, 3.05) is 20.8 Å². The fourth-order valence-electron chi connectivity index (χ4n) is 4.83. The number of benzene rings is 3. The molecule has 5 rings (SSSR count). The number of H-pyrrole nitrogens is 1. The third-order valence-electron chi connectivity index (χ3n) is 6.69. The lowest BCUT2D eigenvalue weighted by atomic mass is 9.94. The second-order valence-electron chi connectivity index (χ2n) is 8.72. The third kappa shape index (κ3) is 4.42. The summed E-state index contributed by atoms with van der Waals surface area (Å²) in [6.07, 6.45) is 2.41. The highest BCUT2D eigenvalue weighted by molar-refractivity contribution is 6.46. The van der Waals surface area contributed by atoms with Gasteiger partial charge in [-0.1, -0.05) is 29.8 Å². The molecule has 0 unspecified atom stereocenters. The van der Waals surface area contributed by atoms with Crippen LogP contribution in [0.2, 0.25) is 5.02 Å². The van der Waals surface area contributed by atoms with Crippen LogP contribution in [0.1, 0.15) is 22.7 Å². The molecule has 2 heterocycles. The van der Waals surface area contributed by atoms with Crippen molar-refractivity contribution in [1.29, 1.82) is 0 Å². The van der Waals surface area contributed by atoms with Crippen LogP contribution in [0.5, 0.6) is 11.5 Å². The van der Waals surface area contributed by atoms with E-state index in [0.29, 0.717) is 34.1 Å². The molecule has 4 aromatic rings. The lowest BCUT2D eigenvalue weighted by Crippen LogP contribution is -2.31. The summed E-state index contributed by atoms with van der Waals surface area (Å²) in [5, 5.41) is 12.8. The van der Waals surface area contributed by atoms with Crippen LogP contribution in [0.15, 0.2) is 78.5 Å². The summed E-state index contributed by atoms with van der Waals surface area (Å²) in [6, 6.07) is 18.6. The number of methoxy groups -OCH3 is 2. The number of Topliss-reactive ketones (excluding diaryl/α,β-unsaturated/α-hetero) is 1. The lowest BCUT2D eigenvalue weighted by Gasteiger charge is -2.27. The molecule has 1 aromatic heterocycles. The maximum Gasteiger partial charge on any atom is 0.295 e. The number of ether oxygens (including phenoxy) is 2. The summed E-state index contributed by atoms with van der Waals surface area (Å²) in [5.74, 6) is -0.734. The number of halogens is 1. The minimum absolute atomic E-state index is 0.0159. The van der Waals surface area contributed by atoms with E-state index >= 15 is 0 Å². The number of nitrogens with one attached hydrogen (secondary N) is 1. The van der Waals surface area contributed by atoms with Crippen molar-refractivity contribution in [3.63, 3.8) is 0 Å². The summed E-state index contributed by atoms with van der Waals surface area (Å²) in [4.78, 5) is 31.5. The van der Waals surface area contributed by atoms with Gasteiger partial charge in [0.25, 0.3) is 11.7 Å². The van der Waals surface area contributed by atoms with Gasteiger partial charge < -0.3 is 24.5 Å². The molecule has 37 heavy (non-hydrogen) atoms. The summed E-state index contributed by atoms with van der Waals surface area (Å²) in [5.41, 5.74) is 2.92. The van der Waals surface area contributed by atoms with Crippen LogP contribution >= 0.6 is 11.6 Å². The number of aliphatic hydroxyl groups is 1. The van der Waals surface area contributed by atoms with E-state index in [-0.39, 0.29) is 17.9 Å². The first-order chi connectivity index (χ1) is 17.9. The Balaban J connectivity index is 1.63. The number of hydrogen-bond acceptors (Lipinski definition) is 5. The highest BCUT2D eigenvalue weighted by atomic mass is 35.5. The van der Waals surface area contributed by atoms with Gasteiger partial charge in [0.1, 0.15) is 17.3 Å². The highest BCUT2D eigenvalue weighted by Crippen LogP contribution is 2.44. The van der Waals surface area contributed by atoms with Crippen LogP contribution in [-0.2, 0) is 16.0 Å². The molecule has 0 aliphatic carbocycles. The van der Waals surface area contributed by atoms with Gasteiger partial charge in [-0.2, -0.15) is 0 Å². The molecule has 1 aliphatic rings. The minimum atomic E-state index is -0.883. The summed E-state index contributed by atoms with van der Waals surface area (Å²) >= 11 is 6.02. The Morgan fingerprint density at radius 2 is 1.78 bits per heavy atom.